The molecule has 0 radical (unpaired) electrons. The Hall–Kier alpha value is -1.23. The molecule has 0 fully saturated rings. The first-order chi connectivity index (χ1) is 8.27. The molecule has 6 heteroatoms. The van der Waals surface area contributed by atoms with Crippen molar-refractivity contribution in [1.82, 2.24) is 0 Å². The quantitative estimate of drug-likeness (QED) is 0.780. The van der Waals surface area contributed by atoms with Gasteiger partial charge in [-0.1, -0.05) is 6.07 Å². The highest BCUT2D eigenvalue weighted by molar-refractivity contribution is 6.31. The number of carbonyl (C=O) groups excluding carboxylic acids is 1. The van der Waals surface area contributed by atoms with E-state index in [4.69, 9.17) is 16.3 Å². The summed E-state index contributed by atoms with van der Waals surface area (Å²) in [6.45, 7) is 3.10. The van der Waals surface area contributed by atoms with Gasteiger partial charge in [-0.2, -0.15) is 13.2 Å². The number of rotatable bonds is 4. The lowest BCUT2D eigenvalue weighted by Gasteiger charge is -2.15. The fourth-order valence-electron chi connectivity index (χ4n) is 1.42. The van der Waals surface area contributed by atoms with Gasteiger partial charge in [-0.25, -0.2) is 0 Å². The van der Waals surface area contributed by atoms with E-state index < -0.39 is 17.1 Å². The third-order valence-electron chi connectivity index (χ3n) is 2.27. The molecule has 0 aliphatic carbocycles. The van der Waals surface area contributed by atoms with E-state index in [2.05, 4.69) is 0 Å². The number of ketones is 1. The van der Waals surface area contributed by atoms with Gasteiger partial charge in [0, 0.05) is 5.56 Å². The second-order valence-electron chi connectivity index (χ2n) is 3.66. The van der Waals surface area contributed by atoms with E-state index in [0.717, 1.165) is 12.1 Å². The second-order valence-corrected chi connectivity index (χ2v) is 4.09. The molecule has 1 unspecified atom stereocenters. The van der Waals surface area contributed by atoms with Gasteiger partial charge >= 0.3 is 6.18 Å². The van der Waals surface area contributed by atoms with Gasteiger partial charge in [0.1, 0.15) is 11.1 Å². The van der Waals surface area contributed by atoms with Gasteiger partial charge in [0.25, 0.3) is 0 Å². The minimum Gasteiger partial charge on any atom is -0.494 e. The minimum absolute atomic E-state index is 0.0116. The third-order valence-corrected chi connectivity index (χ3v) is 2.81. The summed E-state index contributed by atoms with van der Waals surface area (Å²) in [5.41, 5.74) is -0.582. The van der Waals surface area contributed by atoms with E-state index in [1.54, 1.807) is 6.92 Å². The Balaban J connectivity index is 3.24. The highest BCUT2D eigenvalue weighted by Gasteiger charge is 2.32. The molecule has 0 bridgehead atoms. The van der Waals surface area contributed by atoms with Gasteiger partial charge in [0.2, 0.25) is 0 Å². The van der Waals surface area contributed by atoms with Crippen LogP contribution < -0.4 is 4.74 Å². The molecule has 0 aliphatic heterocycles. The average molecular weight is 281 g/mol. The Labute approximate surface area is 108 Å². The van der Waals surface area contributed by atoms with Crippen molar-refractivity contribution in [2.24, 2.45) is 0 Å². The molecule has 0 aliphatic rings. The lowest BCUT2D eigenvalue weighted by Crippen LogP contribution is -2.09. The fraction of sp³-hybridized carbons (Fsp3) is 0.417. The third kappa shape index (κ3) is 3.38. The first-order valence-corrected chi connectivity index (χ1v) is 5.69. The van der Waals surface area contributed by atoms with Crippen LogP contribution in [0, 0.1) is 0 Å². The summed E-state index contributed by atoms with van der Waals surface area (Å²) in [7, 11) is 0. The maximum absolute atomic E-state index is 12.5. The number of ether oxygens (including phenoxy) is 1. The number of benzene rings is 1. The van der Waals surface area contributed by atoms with E-state index in [9.17, 15) is 18.0 Å². The molecule has 1 aromatic carbocycles. The van der Waals surface area contributed by atoms with Crippen molar-refractivity contribution in [1.29, 1.82) is 0 Å². The normalized spacial score (nSPS) is 13.2. The molecule has 0 spiro atoms. The van der Waals surface area contributed by atoms with E-state index in [0.29, 0.717) is 0 Å². The van der Waals surface area contributed by atoms with Gasteiger partial charge in [-0.05, 0) is 26.0 Å². The monoisotopic (exact) mass is 280 g/mol. The molecule has 0 heterocycles. The minimum atomic E-state index is -4.46. The summed E-state index contributed by atoms with van der Waals surface area (Å²) in [6.07, 6.45) is -4.46. The molecule has 18 heavy (non-hydrogen) atoms. The molecule has 0 saturated carbocycles. The highest BCUT2D eigenvalue weighted by atomic mass is 35.5. The van der Waals surface area contributed by atoms with Crippen molar-refractivity contribution in [2.45, 2.75) is 25.4 Å². The Morgan fingerprint density at radius 3 is 2.50 bits per heavy atom. The number of carbonyl (C=O) groups is 1. The summed E-state index contributed by atoms with van der Waals surface area (Å²) < 4.78 is 42.7. The van der Waals surface area contributed by atoms with Crippen LogP contribution >= 0.6 is 11.6 Å². The molecule has 100 valence electrons. The molecule has 0 saturated heterocycles. The van der Waals surface area contributed by atoms with Crippen LogP contribution in [0.5, 0.6) is 5.75 Å². The lowest BCUT2D eigenvalue weighted by atomic mass is 10.0. The lowest BCUT2D eigenvalue weighted by molar-refractivity contribution is -0.137. The van der Waals surface area contributed by atoms with Crippen molar-refractivity contribution >= 4 is 17.4 Å². The number of Topliss-reactive ketones (excluding diaryl/α,β-unsaturated/α-hetero) is 1. The Morgan fingerprint density at radius 2 is 2.06 bits per heavy atom. The Kier molecular flexibility index (Phi) is 4.62. The van der Waals surface area contributed by atoms with Gasteiger partial charge < -0.3 is 4.74 Å². The topological polar surface area (TPSA) is 26.3 Å². The first-order valence-electron chi connectivity index (χ1n) is 5.25. The van der Waals surface area contributed by atoms with Crippen molar-refractivity contribution in [3.63, 3.8) is 0 Å². The van der Waals surface area contributed by atoms with Crippen molar-refractivity contribution < 1.29 is 22.7 Å². The van der Waals surface area contributed by atoms with Crippen LogP contribution in [0.2, 0.25) is 0 Å². The van der Waals surface area contributed by atoms with Crippen LogP contribution in [-0.2, 0) is 11.0 Å². The SMILES string of the molecule is CCOc1cc(C(F)(F)F)ccc1C(Cl)C(C)=O. The fourth-order valence-corrected chi connectivity index (χ4v) is 1.60. The predicted octanol–water partition coefficient (Wildman–Crippen LogP) is 3.97. The molecular formula is C12H12ClF3O2. The predicted molar refractivity (Wildman–Crippen MR) is 61.9 cm³/mol. The molecule has 1 atom stereocenters. The average Bonchev–Trinajstić information content (AvgIpc) is 2.27. The maximum atomic E-state index is 12.5. The number of halogens is 4. The highest BCUT2D eigenvalue weighted by Crippen LogP contribution is 2.37. The molecule has 1 rings (SSSR count). The van der Waals surface area contributed by atoms with Gasteiger partial charge in [-0.15, -0.1) is 11.6 Å². The first kappa shape index (κ1) is 14.8. The van der Waals surface area contributed by atoms with E-state index >= 15 is 0 Å². The van der Waals surface area contributed by atoms with E-state index in [-0.39, 0.29) is 23.7 Å². The summed E-state index contributed by atoms with van der Waals surface area (Å²) in [5.74, 6) is -0.361. The maximum Gasteiger partial charge on any atom is 0.416 e. The van der Waals surface area contributed by atoms with Gasteiger partial charge in [-0.3, -0.25) is 4.79 Å². The number of hydrogen-bond acceptors (Lipinski definition) is 2. The number of hydrogen-bond donors (Lipinski definition) is 0. The van der Waals surface area contributed by atoms with Crippen LogP contribution in [0.1, 0.15) is 30.4 Å². The van der Waals surface area contributed by atoms with E-state index in [1.165, 1.54) is 13.0 Å². The molecule has 1 aromatic rings. The molecule has 0 amide bonds. The van der Waals surface area contributed by atoms with Crippen molar-refractivity contribution in [3.8, 4) is 5.75 Å². The summed E-state index contributed by atoms with van der Waals surface area (Å²) >= 11 is 5.84. The van der Waals surface area contributed by atoms with Crippen molar-refractivity contribution in [2.75, 3.05) is 6.61 Å². The molecule has 2 nitrogen and oxygen atoms in total. The van der Waals surface area contributed by atoms with E-state index in [1.807, 2.05) is 0 Å². The van der Waals surface area contributed by atoms with Gasteiger partial charge in [0.15, 0.2) is 5.78 Å². The zero-order chi connectivity index (χ0) is 13.9. The van der Waals surface area contributed by atoms with Crippen LogP contribution in [-0.4, -0.2) is 12.4 Å². The zero-order valence-corrected chi connectivity index (χ0v) is 10.6. The Bertz CT molecular complexity index is 443. The standard InChI is InChI=1S/C12H12ClF3O2/c1-3-18-10-6-8(12(14,15)16)4-5-9(10)11(13)7(2)17/h4-6,11H,3H2,1-2H3. The molecule has 0 N–H and O–H groups in total. The van der Waals surface area contributed by atoms with Crippen LogP contribution in [0.15, 0.2) is 18.2 Å². The smallest absolute Gasteiger partial charge is 0.416 e. The summed E-state index contributed by atoms with van der Waals surface area (Å²) in [6, 6.07) is 2.92. The largest absolute Gasteiger partial charge is 0.494 e. The van der Waals surface area contributed by atoms with Crippen molar-refractivity contribution in [3.05, 3.63) is 29.3 Å². The van der Waals surface area contributed by atoms with Gasteiger partial charge in [0.05, 0.1) is 12.2 Å². The zero-order valence-electron chi connectivity index (χ0n) is 9.84. The summed E-state index contributed by atoms with van der Waals surface area (Å²) in [5, 5.41) is -1.01. The molecule has 0 aromatic heterocycles. The van der Waals surface area contributed by atoms with Crippen LogP contribution in [0.25, 0.3) is 0 Å². The Morgan fingerprint density at radius 1 is 1.44 bits per heavy atom. The number of alkyl halides is 4. The van der Waals surface area contributed by atoms with Crippen LogP contribution in [0.3, 0.4) is 0 Å². The summed E-state index contributed by atoms with van der Waals surface area (Å²) in [4.78, 5) is 11.2. The second kappa shape index (κ2) is 5.61. The van der Waals surface area contributed by atoms with Crippen LogP contribution in [0.4, 0.5) is 13.2 Å². The molecular weight excluding hydrogens is 269 g/mol.